The first kappa shape index (κ1) is 11.7. The van der Waals surface area contributed by atoms with Crippen molar-refractivity contribution in [1.82, 2.24) is 10.6 Å². The molecule has 0 radical (unpaired) electrons. The Bertz CT molecular complexity index is 431. The van der Waals surface area contributed by atoms with Crippen molar-refractivity contribution >= 4 is 5.91 Å². The minimum Gasteiger partial charge on any atom is -0.352 e. The average Bonchev–Trinajstić information content (AvgIpc) is 3.01. The van der Waals surface area contributed by atoms with Gasteiger partial charge in [0.05, 0.1) is 5.92 Å². The molecule has 1 aromatic rings. The fourth-order valence-corrected chi connectivity index (χ4v) is 2.87. The summed E-state index contributed by atoms with van der Waals surface area (Å²) >= 11 is 0. The molecule has 1 aliphatic heterocycles. The highest BCUT2D eigenvalue weighted by atomic mass is 16.2. The van der Waals surface area contributed by atoms with Crippen LogP contribution in [0.15, 0.2) is 30.3 Å². The lowest BCUT2D eigenvalue weighted by atomic mass is 9.97. The van der Waals surface area contributed by atoms with Crippen molar-refractivity contribution in [3.8, 4) is 0 Å². The predicted molar refractivity (Wildman–Crippen MR) is 71.3 cm³/mol. The van der Waals surface area contributed by atoms with Gasteiger partial charge >= 0.3 is 0 Å². The largest absolute Gasteiger partial charge is 0.352 e. The molecule has 0 spiro atoms. The molecular formula is C15H20N2O. The van der Waals surface area contributed by atoms with Crippen LogP contribution in [0, 0.1) is 11.8 Å². The van der Waals surface area contributed by atoms with Crippen LogP contribution in [0.3, 0.4) is 0 Å². The van der Waals surface area contributed by atoms with Crippen molar-refractivity contribution in [3.05, 3.63) is 35.9 Å². The number of nitrogens with one attached hydrogen (secondary N) is 2. The average molecular weight is 244 g/mol. The number of benzene rings is 1. The van der Waals surface area contributed by atoms with Gasteiger partial charge in [0.25, 0.3) is 0 Å². The summed E-state index contributed by atoms with van der Waals surface area (Å²) in [6.07, 6.45) is 1.09. The first-order chi connectivity index (χ1) is 8.75. The maximum Gasteiger partial charge on any atom is 0.224 e. The third kappa shape index (κ3) is 2.27. The molecule has 18 heavy (non-hydrogen) atoms. The van der Waals surface area contributed by atoms with E-state index in [2.05, 4.69) is 41.8 Å². The van der Waals surface area contributed by atoms with Crippen molar-refractivity contribution in [2.45, 2.75) is 25.3 Å². The molecule has 2 aliphatic rings. The Morgan fingerprint density at radius 3 is 2.72 bits per heavy atom. The second-order valence-corrected chi connectivity index (χ2v) is 5.61. The SMILES string of the molecule is C[C@@H]1CNC[C@H]1C(=O)NC1CC1c1ccccc1. The highest BCUT2D eigenvalue weighted by Crippen LogP contribution is 2.40. The van der Waals surface area contributed by atoms with Gasteiger partial charge in [-0.3, -0.25) is 4.79 Å². The summed E-state index contributed by atoms with van der Waals surface area (Å²) in [6.45, 7) is 3.94. The number of amides is 1. The van der Waals surface area contributed by atoms with E-state index in [1.54, 1.807) is 0 Å². The van der Waals surface area contributed by atoms with Crippen LogP contribution >= 0.6 is 0 Å². The molecule has 2 unspecified atom stereocenters. The molecule has 0 aromatic heterocycles. The summed E-state index contributed by atoms with van der Waals surface area (Å²) in [5.74, 6) is 1.37. The molecule has 1 heterocycles. The molecule has 1 saturated carbocycles. The van der Waals surface area contributed by atoms with Crippen molar-refractivity contribution in [2.75, 3.05) is 13.1 Å². The first-order valence-corrected chi connectivity index (χ1v) is 6.81. The number of rotatable bonds is 3. The van der Waals surface area contributed by atoms with Crippen molar-refractivity contribution in [2.24, 2.45) is 11.8 Å². The van der Waals surface area contributed by atoms with E-state index in [-0.39, 0.29) is 11.8 Å². The van der Waals surface area contributed by atoms with E-state index in [0.29, 0.717) is 17.9 Å². The van der Waals surface area contributed by atoms with Gasteiger partial charge in [-0.25, -0.2) is 0 Å². The van der Waals surface area contributed by atoms with E-state index in [1.165, 1.54) is 5.56 Å². The Morgan fingerprint density at radius 1 is 1.28 bits per heavy atom. The first-order valence-electron chi connectivity index (χ1n) is 6.81. The number of carbonyl (C=O) groups is 1. The highest BCUT2D eigenvalue weighted by Gasteiger charge is 2.41. The molecule has 96 valence electrons. The van der Waals surface area contributed by atoms with Crippen molar-refractivity contribution < 1.29 is 4.79 Å². The van der Waals surface area contributed by atoms with Crippen molar-refractivity contribution in [1.29, 1.82) is 0 Å². The topological polar surface area (TPSA) is 41.1 Å². The summed E-state index contributed by atoms with van der Waals surface area (Å²) in [5.41, 5.74) is 1.35. The van der Waals surface area contributed by atoms with E-state index >= 15 is 0 Å². The van der Waals surface area contributed by atoms with Gasteiger partial charge in [-0.05, 0) is 24.4 Å². The lowest BCUT2D eigenvalue weighted by Crippen LogP contribution is -2.36. The van der Waals surface area contributed by atoms with E-state index in [1.807, 2.05) is 6.07 Å². The Balaban J connectivity index is 1.55. The van der Waals surface area contributed by atoms with Crippen LogP contribution in [0.1, 0.15) is 24.8 Å². The van der Waals surface area contributed by atoms with E-state index < -0.39 is 0 Å². The number of hydrogen-bond donors (Lipinski definition) is 2. The van der Waals surface area contributed by atoms with Gasteiger partial charge in [-0.2, -0.15) is 0 Å². The lowest BCUT2D eigenvalue weighted by Gasteiger charge is -2.14. The van der Waals surface area contributed by atoms with Gasteiger partial charge in [0.2, 0.25) is 5.91 Å². The van der Waals surface area contributed by atoms with Crippen LogP contribution in [0.5, 0.6) is 0 Å². The lowest BCUT2D eigenvalue weighted by molar-refractivity contribution is -0.125. The van der Waals surface area contributed by atoms with Gasteiger partial charge in [0, 0.05) is 18.5 Å². The predicted octanol–water partition coefficient (Wildman–Crippen LogP) is 1.51. The van der Waals surface area contributed by atoms with Crippen LogP contribution < -0.4 is 10.6 Å². The number of hydrogen-bond acceptors (Lipinski definition) is 2. The third-order valence-electron chi connectivity index (χ3n) is 4.20. The van der Waals surface area contributed by atoms with E-state index in [0.717, 1.165) is 19.5 Å². The highest BCUT2D eigenvalue weighted by molar-refractivity contribution is 5.80. The van der Waals surface area contributed by atoms with Crippen LogP contribution in [-0.4, -0.2) is 25.0 Å². The Kier molecular flexibility index (Phi) is 3.08. The molecule has 1 aromatic carbocycles. The van der Waals surface area contributed by atoms with Gasteiger partial charge in [-0.15, -0.1) is 0 Å². The Hall–Kier alpha value is -1.35. The zero-order valence-electron chi connectivity index (χ0n) is 10.7. The Labute approximate surface area is 108 Å². The molecule has 2 N–H and O–H groups in total. The third-order valence-corrected chi connectivity index (χ3v) is 4.20. The number of carbonyl (C=O) groups excluding carboxylic acids is 1. The van der Waals surface area contributed by atoms with Gasteiger partial charge in [0.15, 0.2) is 0 Å². The van der Waals surface area contributed by atoms with Gasteiger partial charge in [-0.1, -0.05) is 37.3 Å². The minimum absolute atomic E-state index is 0.155. The van der Waals surface area contributed by atoms with Crippen LogP contribution in [0.2, 0.25) is 0 Å². The normalized spacial score (nSPS) is 34.3. The molecule has 1 amide bonds. The zero-order valence-corrected chi connectivity index (χ0v) is 10.7. The summed E-state index contributed by atoms with van der Waals surface area (Å²) in [4.78, 5) is 12.1. The fraction of sp³-hybridized carbons (Fsp3) is 0.533. The van der Waals surface area contributed by atoms with Gasteiger partial charge in [0.1, 0.15) is 0 Å². The van der Waals surface area contributed by atoms with E-state index in [9.17, 15) is 4.79 Å². The quantitative estimate of drug-likeness (QED) is 0.846. The summed E-state index contributed by atoms with van der Waals surface area (Å²) in [5, 5.41) is 6.47. The second-order valence-electron chi connectivity index (χ2n) is 5.61. The van der Waals surface area contributed by atoms with Crippen LogP contribution in [0.25, 0.3) is 0 Å². The van der Waals surface area contributed by atoms with E-state index in [4.69, 9.17) is 0 Å². The molecule has 0 bridgehead atoms. The van der Waals surface area contributed by atoms with Crippen LogP contribution in [-0.2, 0) is 4.79 Å². The molecule has 1 saturated heterocycles. The minimum atomic E-state index is 0.155. The zero-order chi connectivity index (χ0) is 12.5. The molecule has 2 fully saturated rings. The summed E-state index contributed by atoms with van der Waals surface area (Å²) in [6, 6.07) is 10.8. The van der Waals surface area contributed by atoms with Gasteiger partial charge < -0.3 is 10.6 Å². The molecule has 3 rings (SSSR count). The molecule has 3 heteroatoms. The standard InChI is InChI=1S/C15H20N2O/c1-10-8-16-9-13(10)15(18)17-14-7-12(14)11-5-3-2-4-6-11/h2-6,10,12-14,16H,7-9H2,1H3,(H,17,18)/t10-,12?,13-,14?/m1/s1. The van der Waals surface area contributed by atoms with Crippen molar-refractivity contribution in [3.63, 3.8) is 0 Å². The fourth-order valence-electron chi connectivity index (χ4n) is 2.87. The maximum atomic E-state index is 12.1. The second kappa shape index (κ2) is 4.73. The molecule has 1 aliphatic carbocycles. The molecule has 4 atom stereocenters. The summed E-state index contributed by atoms with van der Waals surface area (Å²) in [7, 11) is 0. The molecule has 3 nitrogen and oxygen atoms in total. The Morgan fingerprint density at radius 2 is 2.06 bits per heavy atom. The maximum absolute atomic E-state index is 12.1. The molecular weight excluding hydrogens is 224 g/mol. The smallest absolute Gasteiger partial charge is 0.224 e. The van der Waals surface area contributed by atoms with Crippen LogP contribution in [0.4, 0.5) is 0 Å². The summed E-state index contributed by atoms with van der Waals surface area (Å²) < 4.78 is 0. The monoisotopic (exact) mass is 244 g/mol.